The van der Waals surface area contributed by atoms with Crippen LogP contribution in [0.4, 0.5) is 0 Å². The molecule has 5 rings (SSSR count). The van der Waals surface area contributed by atoms with Gasteiger partial charge < -0.3 is 18.8 Å². The summed E-state index contributed by atoms with van der Waals surface area (Å²) in [6, 6.07) is 14.0. The Morgan fingerprint density at radius 2 is 1.97 bits per heavy atom. The summed E-state index contributed by atoms with van der Waals surface area (Å²) in [7, 11) is 3.51. The van der Waals surface area contributed by atoms with Crippen molar-refractivity contribution < 1.29 is 14.3 Å². The number of methoxy groups -OCH3 is 1. The van der Waals surface area contributed by atoms with E-state index in [1.807, 2.05) is 52.9 Å². The highest BCUT2D eigenvalue weighted by Crippen LogP contribution is 2.28. The van der Waals surface area contributed by atoms with Crippen LogP contribution in [-0.4, -0.2) is 56.8 Å². The first-order valence-electron chi connectivity index (χ1n) is 10.6. The topological polar surface area (TPSA) is 73.9 Å². The van der Waals surface area contributed by atoms with Crippen LogP contribution in [0.15, 0.2) is 61.2 Å². The van der Waals surface area contributed by atoms with Crippen molar-refractivity contribution in [2.75, 3.05) is 26.8 Å². The number of aromatic nitrogens is 4. The van der Waals surface area contributed by atoms with E-state index in [4.69, 9.17) is 9.47 Å². The zero-order valence-electron chi connectivity index (χ0n) is 18.1. The molecule has 4 aromatic rings. The molecule has 0 spiro atoms. The van der Waals surface area contributed by atoms with E-state index in [0.29, 0.717) is 26.1 Å². The monoisotopic (exact) mass is 431 g/mol. The molecular formula is C24H25N5O3. The Kier molecular flexibility index (Phi) is 5.36. The zero-order chi connectivity index (χ0) is 22.1. The molecule has 0 N–H and O–H groups in total. The molecule has 0 bridgehead atoms. The highest BCUT2D eigenvalue weighted by molar-refractivity contribution is 5.78. The van der Waals surface area contributed by atoms with E-state index in [0.717, 1.165) is 33.8 Å². The van der Waals surface area contributed by atoms with Crippen LogP contribution in [0.5, 0.6) is 5.75 Å². The molecule has 0 radical (unpaired) electrons. The van der Waals surface area contributed by atoms with Crippen LogP contribution >= 0.6 is 0 Å². The van der Waals surface area contributed by atoms with E-state index in [2.05, 4.69) is 28.4 Å². The average Bonchev–Trinajstić information content (AvgIpc) is 3.44. The Balaban J connectivity index is 1.34. The van der Waals surface area contributed by atoms with Gasteiger partial charge in [-0.25, -0.2) is 4.98 Å². The number of aryl methyl sites for hydroxylation is 1. The minimum atomic E-state index is -0.256. The molecule has 164 valence electrons. The van der Waals surface area contributed by atoms with Gasteiger partial charge in [-0.2, -0.15) is 5.10 Å². The highest BCUT2D eigenvalue weighted by atomic mass is 16.5. The number of hydrogen-bond acceptors (Lipinski definition) is 5. The predicted molar refractivity (Wildman–Crippen MR) is 119 cm³/mol. The number of imidazole rings is 1. The summed E-state index contributed by atoms with van der Waals surface area (Å²) in [6.45, 7) is 1.55. The molecule has 1 aromatic carbocycles. The van der Waals surface area contributed by atoms with Crippen molar-refractivity contribution in [1.82, 2.24) is 24.1 Å². The molecule has 8 heteroatoms. The van der Waals surface area contributed by atoms with Crippen LogP contribution in [0, 0.1) is 0 Å². The number of hydrogen-bond donors (Lipinski definition) is 0. The van der Waals surface area contributed by atoms with Crippen LogP contribution in [0.25, 0.3) is 16.6 Å². The van der Waals surface area contributed by atoms with Crippen molar-refractivity contribution in [3.8, 4) is 16.9 Å². The number of fused-ring (bicyclic) bond motifs is 1. The van der Waals surface area contributed by atoms with Gasteiger partial charge in [0.1, 0.15) is 11.9 Å². The van der Waals surface area contributed by atoms with Crippen molar-refractivity contribution in [2.45, 2.75) is 12.5 Å². The highest BCUT2D eigenvalue weighted by Gasteiger charge is 2.28. The van der Waals surface area contributed by atoms with E-state index >= 15 is 0 Å². The fourth-order valence-corrected chi connectivity index (χ4v) is 4.09. The maximum Gasteiger partial charge on any atom is 0.228 e. The summed E-state index contributed by atoms with van der Waals surface area (Å²) in [6.07, 6.45) is 5.74. The van der Waals surface area contributed by atoms with Crippen molar-refractivity contribution in [1.29, 1.82) is 0 Å². The number of ether oxygens (including phenoxy) is 2. The number of amides is 1. The third-order valence-corrected chi connectivity index (χ3v) is 5.81. The molecule has 0 aliphatic carbocycles. The lowest BCUT2D eigenvalue weighted by molar-refractivity contribution is -0.138. The first-order valence-corrected chi connectivity index (χ1v) is 10.6. The minimum Gasteiger partial charge on any atom is -0.497 e. The standard InChI is InChI=1S/C24H25N5O3/c1-27-10-9-19(26-27)13-23(30)28-11-12-32-22(15-28)24-21-8-5-18(14-29(21)16-25-24)17-3-6-20(31-2)7-4-17/h3-10,14,16,22H,11-13,15H2,1-2H3/t22-/m0/s1. The van der Waals surface area contributed by atoms with E-state index in [1.165, 1.54) is 0 Å². The molecule has 1 aliphatic rings. The number of carbonyl (C=O) groups is 1. The molecule has 8 nitrogen and oxygen atoms in total. The van der Waals surface area contributed by atoms with E-state index in [9.17, 15) is 4.79 Å². The molecule has 3 aromatic heterocycles. The van der Waals surface area contributed by atoms with Gasteiger partial charge in [0.25, 0.3) is 0 Å². The van der Waals surface area contributed by atoms with Gasteiger partial charge in [0, 0.05) is 26.0 Å². The predicted octanol–water partition coefficient (Wildman–Crippen LogP) is 2.89. The van der Waals surface area contributed by atoms with Crippen molar-refractivity contribution in [2.24, 2.45) is 7.05 Å². The van der Waals surface area contributed by atoms with Crippen LogP contribution < -0.4 is 4.74 Å². The summed E-state index contributed by atoms with van der Waals surface area (Å²) >= 11 is 0. The second kappa shape index (κ2) is 8.47. The van der Waals surface area contributed by atoms with Crippen LogP contribution in [0.2, 0.25) is 0 Å². The number of benzene rings is 1. The second-order valence-corrected chi connectivity index (χ2v) is 7.93. The van der Waals surface area contributed by atoms with Crippen LogP contribution in [-0.2, 0) is 23.0 Å². The summed E-state index contributed by atoms with van der Waals surface area (Å²) in [5.74, 6) is 0.888. The summed E-state index contributed by atoms with van der Waals surface area (Å²) in [5.41, 5.74) is 4.79. The maximum absolute atomic E-state index is 12.8. The van der Waals surface area contributed by atoms with Gasteiger partial charge in [0.15, 0.2) is 0 Å². The molecule has 0 unspecified atom stereocenters. The van der Waals surface area contributed by atoms with Crippen LogP contribution in [0.1, 0.15) is 17.5 Å². The minimum absolute atomic E-state index is 0.0577. The quantitative estimate of drug-likeness (QED) is 0.486. The van der Waals surface area contributed by atoms with Crippen molar-refractivity contribution in [3.63, 3.8) is 0 Å². The lowest BCUT2D eigenvalue weighted by Gasteiger charge is -2.32. The number of morpholine rings is 1. The molecule has 4 heterocycles. The van der Waals surface area contributed by atoms with Gasteiger partial charge in [-0.15, -0.1) is 0 Å². The van der Waals surface area contributed by atoms with Gasteiger partial charge in [-0.05, 0) is 35.4 Å². The number of nitrogens with zero attached hydrogens (tertiary/aromatic N) is 5. The van der Waals surface area contributed by atoms with Gasteiger partial charge in [0.05, 0.1) is 49.9 Å². The van der Waals surface area contributed by atoms with Crippen LogP contribution in [0.3, 0.4) is 0 Å². The smallest absolute Gasteiger partial charge is 0.228 e. The summed E-state index contributed by atoms with van der Waals surface area (Å²) in [4.78, 5) is 19.3. The zero-order valence-corrected chi connectivity index (χ0v) is 18.1. The number of rotatable bonds is 5. The SMILES string of the molecule is COc1ccc(-c2ccc3c([C@@H]4CN(C(=O)Cc5ccn(C)n5)CCO4)ncn3c2)cc1. The third kappa shape index (κ3) is 3.97. The van der Waals surface area contributed by atoms with Gasteiger partial charge in [0.2, 0.25) is 5.91 Å². The Bertz CT molecular complexity index is 1240. The largest absolute Gasteiger partial charge is 0.497 e. The molecular weight excluding hydrogens is 406 g/mol. The number of pyridine rings is 1. The molecule has 1 aliphatic heterocycles. The fourth-order valence-electron chi connectivity index (χ4n) is 4.09. The number of carbonyl (C=O) groups excluding carboxylic acids is 1. The van der Waals surface area contributed by atoms with Gasteiger partial charge in [-0.1, -0.05) is 18.2 Å². The van der Waals surface area contributed by atoms with E-state index < -0.39 is 0 Å². The Labute approximate surface area is 186 Å². The van der Waals surface area contributed by atoms with Crippen molar-refractivity contribution >= 4 is 11.4 Å². The molecule has 1 fully saturated rings. The Morgan fingerprint density at radius 1 is 1.16 bits per heavy atom. The van der Waals surface area contributed by atoms with Gasteiger partial charge >= 0.3 is 0 Å². The molecule has 32 heavy (non-hydrogen) atoms. The Morgan fingerprint density at radius 3 is 2.72 bits per heavy atom. The Hall–Kier alpha value is -3.65. The normalized spacial score (nSPS) is 16.4. The lowest BCUT2D eigenvalue weighted by Crippen LogP contribution is -2.43. The summed E-state index contributed by atoms with van der Waals surface area (Å²) < 4.78 is 15.0. The first-order chi connectivity index (χ1) is 15.6. The summed E-state index contributed by atoms with van der Waals surface area (Å²) in [5, 5.41) is 4.31. The van der Waals surface area contributed by atoms with E-state index in [-0.39, 0.29) is 12.0 Å². The maximum atomic E-state index is 12.8. The molecule has 1 amide bonds. The first kappa shape index (κ1) is 20.3. The fraction of sp³-hybridized carbons (Fsp3) is 0.292. The molecule has 1 saturated heterocycles. The van der Waals surface area contributed by atoms with Crippen molar-refractivity contribution in [3.05, 3.63) is 72.6 Å². The van der Waals surface area contributed by atoms with Gasteiger partial charge in [-0.3, -0.25) is 9.48 Å². The third-order valence-electron chi connectivity index (χ3n) is 5.81. The molecule has 1 atom stereocenters. The lowest BCUT2D eigenvalue weighted by atomic mass is 10.1. The average molecular weight is 431 g/mol. The molecule has 0 saturated carbocycles. The van der Waals surface area contributed by atoms with E-state index in [1.54, 1.807) is 18.1 Å². The second-order valence-electron chi connectivity index (χ2n) is 7.93.